The van der Waals surface area contributed by atoms with Crippen LogP contribution in [0.4, 0.5) is 4.39 Å². The molecule has 1 aliphatic rings. The predicted octanol–water partition coefficient (Wildman–Crippen LogP) is 2.99. The van der Waals surface area contributed by atoms with Gasteiger partial charge in [-0.25, -0.2) is 4.39 Å². The Morgan fingerprint density at radius 2 is 2.12 bits per heavy atom. The van der Waals surface area contributed by atoms with Crippen LogP contribution in [-0.2, 0) is 5.41 Å². The molecule has 0 radical (unpaired) electrons. The second-order valence-electron chi connectivity index (χ2n) is 5.30. The SMILES string of the molecule is Cc1c[nH]c2c(F)cc(C3(C(C)N)CC3)cc12. The summed E-state index contributed by atoms with van der Waals surface area (Å²) in [5, 5.41) is 0.979. The maximum absolute atomic E-state index is 14.0. The quantitative estimate of drug-likeness (QED) is 0.821. The van der Waals surface area contributed by atoms with Crippen LogP contribution in [0.2, 0.25) is 0 Å². The lowest BCUT2D eigenvalue weighted by Crippen LogP contribution is -2.31. The number of fused-ring (bicyclic) bond motifs is 1. The highest BCUT2D eigenvalue weighted by atomic mass is 19.1. The zero-order chi connectivity index (χ0) is 12.2. The minimum atomic E-state index is -0.169. The van der Waals surface area contributed by atoms with Gasteiger partial charge in [-0.05, 0) is 49.9 Å². The first-order valence-electron chi connectivity index (χ1n) is 6.08. The molecule has 2 aromatic rings. The van der Waals surface area contributed by atoms with Gasteiger partial charge in [0.1, 0.15) is 5.82 Å². The summed E-state index contributed by atoms with van der Waals surface area (Å²) in [5.41, 5.74) is 8.80. The molecule has 1 unspecified atom stereocenters. The van der Waals surface area contributed by atoms with Gasteiger partial charge in [-0.3, -0.25) is 0 Å². The molecule has 1 aliphatic carbocycles. The fourth-order valence-corrected chi connectivity index (χ4v) is 2.75. The van der Waals surface area contributed by atoms with Crippen molar-refractivity contribution in [2.24, 2.45) is 5.73 Å². The van der Waals surface area contributed by atoms with E-state index in [1.165, 1.54) is 0 Å². The van der Waals surface area contributed by atoms with E-state index in [1.807, 2.05) is 20.0 Å². The van der Waals surface area contributed by atoms with E-state index in [1.54, 1.807) is 6.07 Å². The Balaban J connectivity index is 2.22. The Bertz CT molecular complexity index is 579. The molecule has 3 N–H and O–H groups in total. The van der Waals surface area contributed by atoms with E-state index in [0.29, 0.717) is 5.52 Å². The minimum absolute atomic E-state index is 0.0126. The molecule has 1 aromatic carbocycles. The third-order valence-electron chi connectivity index (χ3n) is 4.18. The van der Waals surface area contributed by atoms with Crippen LogP contribution in [0.15, 0.2) is 18.3 Å². The fraction of sp³-hybridized carbons (Fsp3) is 0.429. The first-order valence-corrected chi connectivity index (χ1v) is 6.08. The summed E-state index contributed by atoms with van der Waals surface area (Å²) in [6.45, 7) is 4.01. The average Bonchev–Trinajstić information content (AvgIpc) is 3.01. The van der Waals surface area contributed by atoms with Gasteiger partial charge in [0.05, 0.1) is 5.52 Å². The number of halogens is 1. The van der Waals surface area contributed by atoms with Gasteiger partial charge in [-0.1, -0.05) is 0 Å². The van der Waals surface area contributed by atoms with Gasteiger partial charge in [-0.2, -0.15) is 0 Å². The molecule has 0 aliphatic heterocycles. The Labute approximate surface area is 100 Å². The van der Waals surface area contributed by atoms with E-state index in [9.17, 15) is 4.39 Å². The summed E-state index contributed by atoms with van der Waals surface area (Å²) in [6.07, 6.45) is 3.99. The van der Waals surface area contributed by atoms with Crippen LogP contribution in [0.3, 0.4) is 0 Å². The number of aryl methyl sites for hydroxylation is 1. The van der Waals surface area contributed by atoms with Crippen molar-refractivity contribution >= 4 is 10.9 Å². The van der Waals surface area contributed by atoms with Crippen molar-refractivity contribution in [1.82, 2.24) is 4.98 Å². The molecule has 1 heterocycles. The van der Waals surface area contributed by atoms with Crippen molar-refractivity contribution < 1.29 is 4.39 Å². The molecule has 3 rings (SSSR count). The third-order valence-corrected chi connectivity index (χ3v) is 4.18. The molecular formula is C14H17FN2. The van der Waals surface area contributed by atoms with Crippen LogP contribution in [0, 0.1) is 12.7 Å². The summed E-state index contributed by atoms with van der Waals surface area (Å²) in [6, 6.07) is 3.83. The maximum atomic E-state index is 14.0. The Hall–Kier alpha value is -1.35. The van der Waals surface area contributed by atoms with E-state index >= 15 is 0 Å². The molecule has 1 atom stereocenters. The van der Waals surface area contributed by atoms with Crippen LogP contribution in [0.1, 0.15) is 30.9 Å². The smallest absolute Gasteiger partial charge is 0.147 e. The van der Waals surface area contributed by atoms with E-state index in [-0.39, 0.29) is 17.3 Å². The second kappa shape index (κ2) is 3.33. The van der Waals surface area contributed by atoms with Crippen molar-refractivity contribution in [3.8, 4) is 0 Å². The monoisotopic (exact) mass is 232 g/mol. The van der Waals surface area contributed by atoms with Crippen molar-refractivity contribution in [3.63, 3.8) is 0 Å². The van der Waals surface area contributed by atoms with E-state index in [0.717, 1.165) is 29.4 Å². The van der Waals surface area contributed by atoms with Gasteiger partial charge in [0.25, 0.3) is 0 Å². The van der Waals surface area contributed by atoms with Crippen LogP contribution >= 0.6 is 0 Å². The highest BCUT2D eigenvalue weighted by Gasteiger charge is 2.47. The van der Waals surface area contributed by atoms with Gasteiger partial charge >= 0.3 is 0 Å². The number of hydrogen-bond donors (Lipinski definition) is 2. The zero-order valence-corrected chi connectivity index (χ0v) is 10.2. The largest absolute Gasteiger partial charge is 0.359 e. The summed E-state index contributed by atoms with van der Waals surface area (Å²) < 4.78 is 14.0. The van der Waals surface area contributed by atoms with Crippen molar-refractivity contribution in [2.75, 3.05) is 0 Å². The molecule has 0 bridgehead atoms. The molecule has 1 fully saturated rings. The van der Waals surface area contributed by atoms with E-state index in [2.05, 4.69) is 11.1 Å². The number of aromatic nitrogens is 1. The fourth-order valence-electron chi connectivity index (χ4n) is 2.75. The normalized spacial score (nSPS) is 19.5. The van der Waals surface area contributed by atoms with Gasteiger partial charge in [-0.15, -0.1) is 0 Å². The maximum Gasteiger partial charge on any atom is 0.147 e. The van der Waals surface area contributed by atoms with Crippen LogP contribution in [0.25, 0.3) is 10.9 Å². The van der Waals surface area contributed by atoms with Crippen molar-refractivity contribution in [2.45, 2.75) is 38.1 Å². The molecule has 1 aromatic heterocycles. The molecular weight excluding hydrogens is 215 g/mol. The van der Waals surface area contributed by atoms with Gasteiger partial charge < -0.3 is 10.7 Å². The summed E-state index contributed by atoms with van der Waals surface area (Å²) in [4.78, 5) is 2.98. The van der Waals surface area contributed by atoms with Gasteiger partial charge in [0, 0.05) is 23.0 Å². The summed E-state index contributed by atoms with van der Waals surface area (Å²) in [5.74, 6) is -0.169. The topological polar surface area (TPSA) is 41.8 Å². The highest BCUT2D eigenvalue weighted by Crippen LogP contribution is 2.51. The first kappa shape index (κ1) is 10.8. The lowest BCUT2D eigenvalue weighted by molar-refractivity contribution is 0.550. The Kier molecular flexibility index (Phi) is 2.11. The molecule has 0 spiro atoms. The zero-order valence-electron chi connectivity index (χ0n) is 10.2. The number of nitrogens with two attached hydrogens (primary N) is 1. The lowest BCUT2D eigenvalue weighted by atomic mass is 9.88. The number of nitrogens with one attached hydrogen (secondary N) is 1. The van der Waals surface area contributed by atoms with Crippen molar-refractivity contribution in [1.29, 1.82) is 0 Å². The lowest BCUT2D eigenvalue weighted by Gasteiger charge is -2.20. The van der Waals surface area contributed by atoms with E-state index < -0.39 is 0 Å². The molecule has 0 amide bonds. The first-order chi connectivity index (χ1) is 8.04. The van der Waals surface area contributed by atoms with E-state index in [4.69, 9.17) is 5.73 Å². The molecule has 2 nitrogen and oxygen atoms in total. The van der Waals surface area contributed by atoms with Gasteiger partial charge in [0.2, 0.25) is 0 Å². The highest BCUT2D eigenvalue weighted by molar-refractivity contribution is 5.84. The average molecular weight is 232 g/mol. The third kappa shape index (κ3) is 1.42. The molecule has 3 heteroatoms. The van der Waals surface area contributed by atoms with Crippen LogP contribution < -0.4 is 5.73 Å². The standard InChI is InChI=1S/C14H17FN2/c1-8-7-17-13-11(8)5-10(6-12(13)15)14(3-4-14)9(2)16/h5-7,9,17H,3-4,16H2,1-2H3. The number of aromatic amines is 1. The number of benzene rings is 1. The minimum Gasteiger partial charge on any atom is -0.359 e. The second-order valence-corrected chi connectivity index (χ2v) is 5.30. The van der Waals surface area contributed by atoms with Crippen LogP contribution in [-0.4, -0.2) is 11.0 Å². The number of rotatable bonds is 2. The molecule has 0 saturated heterocycles. The predicted molar refractivity (Wildman–Crippen MR) is 67.6 cm³/mol. The Morgan fingerprint density at radius 3 is 2.71 bits per heavy atom. The summed E-state index contributed by atoms with van der Waals surface area (Å²) >= 11 is 0. The molecule has 17 heavy (non-hydrogen) atoms. The van der Waals surface area contributed by atoms with Crippen molar-refractivity contribution in [3.05, 3.63) is 35.3 Å². The van der Waals surface area contributed by atoms with Crippen LogP contribution in [0.5, 0.6) is 0 Å². The molecule has 1 saturated carbocycles. The number of H-pyrrole nitrogens is 1. The summed E-state index contributed by atoms with van der Waals surface area (Å²) in [7, 11) is 0. The Morgan fingerprint density at radius 1 is 1.41 bits per heavy atom. The number of hydrogen-bond acceptors (Lipinski definition) is 1. The van der Waals surface area contributed by atoms with Gasteiger partial charge in [0.15, 0.2) is 0 Å². The molecule has 90 valence electrons.